The summed E-state index contributed by atoms with van der Waals surface area (Å²) in [6, 6.07) is 13.9. The van der Waals surface area contributed by atoms with Crippen molar-refractivity contribution in [3.63, 3.8) is 0 Å². The first-order valence-electron chi connectivity index (χ1n) is 9.56. The number of hydrogen-bond acceptors (Lipinski definition) is 4. The minimum atomic E-state index is -0.440. The Kier molecular flexibility index (Phi) is 3.54. The maximum atomic E-state index is 12.7. The van der Waals surface area contributed by atoms with E-state index in [9.17, 15) is 4.79 Å². The van der Waals surface area contributed by atoms with Crippen LogP contribution >= 0.6 is 0 Å². The molecule has 3 aromatic rings. The first-order valence-corrected chi connectivity index (χ1v) is 9.56. The maximum absolute atomic E-state index is 12.7. The summed E-state index contributed by atoms with van der Waals surface area (Å²) in [6.45, 7) is 6.35. The second-order valence-corrected chi connectivity index (χ2v) is 8.09. The molecule has 5 rings (SSSR count). The lowest BCUT2D eigenvalue weighted by Crippen LogP contribution is -2.49. The van der Waals surface area contributed by atoms with Crippen molar-refractivity contribution in [1.29, 1.82) is 0 Å². The highest BCUT2D eigenvalue weighted by Gasteiger charge is 2.50. The molecule has 0 aliphatic carbocycles. The van der Waals surface area contributed by atoms with E-state index in [1.54, 1.807) is 18.6 Å². The summed E-state index contributed by atoms with van der Waals surface area (Å²) in [5.41, 5.74) is 2.42. The molecule has 5 heteroatoms. The Hall–Kier alpha value is -2.95. The molecule has 0 amide bonds. The predicted octanol–water partition coefficient (Wildman–Crippen LogP) is 4.62. The molecule has 0 radical (unpaired) electrons. The fourth-order valence-corrected chi connectivity index (χ4v) is 4.76. The monoisotopic (exact) mass is 377 g/mol. The first kappa shape index (κ1) is 17.2. The number of rotatable bonds is 1. The molecule has 0 saturated carbocycles. The molecule has 0 saturated heterocycles. The molecule has 2 aromatic carbocycles. The Labute approximate surface area is 163 Å². The highest BCUT2D eigenvalue weighted by molar-refractivity contribution is 5.98. The van der Waals surface area contributed by atoms with Crippen LogP contribution in [0.5, 0.6) is 17.2 Å². The fourth-order valence-electron chi connectivity index (χ4n) is 4.76. The van der Waals surface area contributed by atoms with Crippen molar-refractivity contribution in [1.82, 2.24) is 4.57 Å². The average Bonchev–Trinajstić information content (AvgIpc) is 3.00. The molecule has 0 fully saturated rings. The van der Waals surface area contributed by atoms with Gasteiger partial charge >= 0.3 is 0 Å². The zero-order valence-corrected chi connectivity index (χ0v) is 16.5. The summed E-state index contributed by atoms with van der Waals surface area (Å²) in [4.78, 5) is 12.7. The summed E-state index contributed by atoms with van der Waals surface area (Å²) in [5, 5.41) is 0.903. The van der Waals surface area contributed by atoms with Crippen molar-refractivity contribution in [2.24, 2.45) is 5.92 Å². The second-order valence-electron chi connectivity index (χ2n) is 8.09. The van der Waals surface area contributed by atoms with Gasteiger partial charge in [0.15, 0.2) is 0 Å². The minimum absolute atomic E-state index is 0.0194. The third-order valence-corrected chi connectivity index (χ3v) is 6.11. The summed E-state index contributed by atoms with van der Waals surface area (Å²) >= 11 is 0. The molecule has 0 bridgehead atoms. The van der Waals surface area contributed by atoms with E-state index in [1.807, 2.05) is 36.4 Å². The Balaban J connectivity index is 1.89. The lowest BCUT2D eigenvalue weighted by Gasteiger charge is -2.46. The molecular weight excluding hydrogens is 354 g/mol. The first-order chi connectivity index (χ1) is 13.4. The summed E-state index contributed by atoms with van der Waals surface area (Å²) in [7, 11) is 1.64. The van der Waals surface area contributed by atoms with E-state index in [0.29, 0.717) is 6.61 Å². The second kappa shape index (κ2) is 5.77. The molecule has 0 spiro atoms. The lowest BCUT2D eigenvalue weighted by atomic mass is 9.71. The van der Waals surface area contributed by atoms with E-state index in [1.165, 1.54) is 0 Å². The number of ether oxygens (including phenoxy) is 3. The van der Waals surface area contributed by atoms with Gasteiger partial charge in [-0.05, 0) is 38.1 Å². The molecule has 144 valence electrons. The van der Waals surface area contributed by atoms with Crippen LogP contribution in [-0.2, 0) is 0 Å². The van der Waals surface area contributed by atoms with Crippen LogP contribution in [0.15, 0.2) is 42.5 Å². The Morgan fingerprint density at radius 1 is 1.21 bits per heavy atom. The molecule has 2 aliphatic rings. The number of benzene rings is 2. The molecule has 28 heavy (non-hydrogen) atoms. The van der Waals surface area contributed by atoms with Crippen LogP contribution in [-0.4, -0.2) is 29.8 Å². The van der Waals surface area contributed by atoms with Gasteiger partial charge < -0.3 is 14.2 Å². The molecule has 5 nitrogen and oxygen atoms in total. The summed E-state index contributed by atoms with van der Waals surface area (Å²) in [5.74, 6) is 2.48. The molecule has 2 aliphatic heterocycles. The minimum Gasteiger partial charge on any atom is -0.497 e. The molecular formula is C23H23NO4. The van der Waals surface area contributed by atoms with Crippen molar-refractivity contribution in [3.05, 3.63) is 53.7 Å². The maximum Gasteiger partial charge on any atom is 0.228 e. The Morgan fingerprint density at radius 3 is 2.75 bits per heavy atom. The van der Waals surface area contributed by atoms with E-state index < -0.39 is 5.60 Å². The van der Waals surface area contributed by atoms with Gasteiger partial charge in [0.05, 0.1) is 24.9 Å². The molecule has 2 atom stereocenters. The predicted molar refractivity (Wildman–Crippen MR) is 107 cm³/mol. The number of para-hydroxylation sites is 1. The zero-order chi connectivity index (χ0) is 19.6. The van der Waals surface area contributed by atoms with Crippen molar-refractivity contribution in [3.8, 4) is 17.2 Å². The van der Waals surface area contributed by atoms with Gasteiger partial charge in [-0.2, -0.15) is 0 Å². The number of fused-ring (bicyclic) bond motifs is 7. The van der Waals surface area contributed by atoms with E-state index in [0.717, 1.165) is 39.4 Å². The van der Waals surface area contributed by atoms with E-state index in [-0.39, 0.29) is 17.7 Å². The van der Waals surface area contributed by atoms with Crippen molar-refractivity contribution >= 4 is 16.8 Å². The molecule has 1 aromatic heterocycles. The highest BCUT2D eigenvalue weighted by atomic mass is 16.5. The number of hydrogen-bond donors (Lipinski definition) is 0. The fraction of sp³-hybridized carbons (Fsp3) is 0.348. The van der Waals surface area contributed by atoms with Crippen molar-refractivity contribution in [2.45, 2.75) is 32.3 Å². The molecule has 0 unspecified atom stereocenters. The van der Waals surface area contributed by atoms with E-state index in [4.69, 9.17) is 14.2 Å². The van der Waals surface area contributed by atoms with Crippen LogP contribution in [0.2, 0.25) is 0 Å². The normalized spacial score (nSPS) is 21.7. The third kappa shape index (κ3) is 2.22. The Bertz CT molecular complexity index is 1110. The van der Waals surface area contributed by atoms with Gasteiger partial charge in [0.2, 0.25) is 5.91 Å². The van der Waals surface area contributed by atoms with Crippen LogP contribution < -0.4 is 14.2 Å². The van der Waals surface area contributed by atoms with Gasteiger partial charge in [-0.15, -0.1) is 0 Å². The van der Waals surface area contributed by atoms with Gasteiger partial charge in [0.1, 0.15) is 22.8 Å². The topological polar surface area (TPSA) is 49.7 Å². The van der Waals surface area contributed by atoms with E-state index in [2.05, 4.69) is 19.9 Å². The van der Waals surface area contributed by atoms with Crippen molar-refractivity contribution in [2.75, 3.05) is 13.7 Å². The van der Waals surface area contributed by atoms with Crippen LogP contribution in [0.25, 0.3) is 10.9 Å². The molecule has 3 heterocycles. The van der Waals surface area contributed by atoms with Crippen LogP contribution in [0.4, 0.5) is 0 Å². The van der Waals surface area contributed by atoms with E-state index >= 15 is 0 Å². The largest absolute Gasteiger partial charge is 0.497 e. The van der Waals surface area contributed by atoms with Gasteiger partial charge in [0, 0.05) is 29.7 Å². The van der Waals surface area contributed by atoms with Crippen LogP contribution in [0.1, 0.15) is 42.7 Å². The number of methoxy groups -OCH3 is 1. The standard InChI is InChI=1S/C23H23NO4/c1-13(25)24-18-10-9-14(26-4)11-16(18)22-21(24)20-15-7-5-6-8-19(15)27-12-17(20)23(2,3)28-22/h5-11,17,20H,12H2,1-4H3/t17-,20-/m1/s1. The summed E-state index contributed by atoms with van der Waals surface area (Å²) < 4.78 is 19.8. The van der Waals surface area contributed by atoms with Crippen molar-refractivity contribution < 1.29 is 19.0 Å². The SMILES string of the molecule is COc1ccc2c(c1)c1c(n2C(C)=O)[C@@H]2c3ccccc3OC[C@H]2C(C)(C)O1. The van der Waals surface area contributed by atoms with Crippen LogP contribution in [0.3, 0.4) is 0 Å². The third-order valence-electron chi connectivity index (χ3n) is 6.11. The highest BCUT2D eigenvalue weighted by Crippen LogP contribution is 2.55. The lowest BCUT2D eigenvalue weighted by molar-refractivity contribution is -0.0142. The van der Waals surface area contributed by atoms with Gasteiger partial charge in [0.25, 0.3) is 0 Å². The number of nitrogens with zero attached hydrogens (tertiary/aromatic N) is 1. The van der Waals surface area contributed by atoms with Gasteiger partial charge in [-0.1, -0.05) is 18.2 Å². The number of aromatic nitrogens is 1. The average molecular weight is 377 g/mol. The smallest absolute Gasteiger partial charge is 0.228 e. The zero-order valence-electron chi connectivity index (χ0n) is 16.5. The summed E-state index contributed by atoms with van der Waals surface area (Å²) in [6.07, 6.45) is 0. The van der Waals surface area contributed by atoms with Gasteiger partial charge in [-0.3, -0.25) is 9.36 Å². The quantitative estimate of drug-likeness (QED) is 0.621. The van der Waals surface area contributed by atoms with Crippen LogP contribution in [0, 0.1) is 5.92 Å². The Morgan fingerprint density at radius 2 is 2.00 bits per heavy atom. The number of carbonyl (C=O) groups excluding carboxylic acids is 1. The van der Waals surface area contributed by atoms with Gasteiger partial charge in [-0.25, -0.2) is 0 Å². The molecule has 0 N–H and O–H groups in total. The number of carbonyl (C=O) groups is 1.